The van der Waals surface area contributed by atoms with Crippen LogP contribution in [0, 0.1) is 12.7 Å². The van der Waals surface area contributed by atoms with Gasteiger partial charge in [0.2, 0.25) is 0 Å². The number of amides is 2. The number of alkyl halides is 3. The number of aryl methyl sites for hydroxylation is 1. The fourth-order valence-corrected chi connectivity index (χ4v) is 3.36. The molecule has 0 bridgehead atoms. The van der Waals surface area contributed by atoms with Crippen molar-refractivity contribution < 1.29 is 27.2 Å². The van der Waals surface area contributed by atoms with Crippen molar-refractivity contribution in [2.45, 2.75) is 19.5 Å². The molecule has 0 saturated carbocycles. The molecule has 3 rings (SSSR count). The highest BCUT2D eigenvalue weighted by Crippen LogP contribution is 2.27. The second-order valence-electron chi connectivity index (χ2n) is 6.31. The standard InChI is InChI=1S/C19H13ClF4N4O2S/c1-9-25-8-15(31-9)18(30)27-14-4-11(13(21)5-12(14)20)17(29)28-16-3-2-10(7-26-16)6-19(22,23)24/h2-5,7-8H,6H2,1H3,(H,27,30)(H,26,28,29). The number of halogens is 5. The number of anilines is 2. The van der Waals surface area contributed by atoms with E-state index in [9.17, 15) is 27.2 Å². The molecule has 0 spiro atoms. The predicted octanol–water partition coefficient (Wildman–Crippen LogP) is 5.25. The van der Waals surface area contributed by atoms with Crippen LogP contribution >= 0.6 is 22.9 Å². The van der Waals surface area contributed by atoms with Gasteiger partial charge in [0.25, 0.3) is 11.8 Å². The maximum Gasteiger partial charge on any atom is 0.393 e. The molecule has 0 aliphatic carbocycles. The summed E-state index contributed by atoms with van der Waals surface area (Å²) in [7, 11) is 0. The van der Waals surface area contributed by atoms with Crippen LogP contribution in [0.2, 0.25) is 5.02 Å². The Bertz CT molecular complexity index is 1130. The van der Waals surface area contributed by atoms with Gasteiger partial charge in [-0.3, -0.25) is 9.59 Å². The normalized spacial score (nSPS) is 11.3. The molecule has 0 radical (unpaired) electrons. The zero-order valence-corrected chi connectivity index (χ0v) is 17.3. The minimum Gasteiger partial charge on any atom is -0.320 e. The first kappa shape index (κ1) is 22.6. The minimum atomic E-state index is -4.39. The highest BCUT2D eigenvalue weighted by Gasteiger charge is 2.27. The molecule has 12 heteroatoms. The first-order chi connectivity index (χ1) is 14.5. The van der Waals surface area contributed by atoms with Crippen LogP contribution in [0.15, 0.2) is 36.7 Å². The summed E-state index contributed by atoms with van der Waals surface area (Å²) < 4.78 is 51.5. The Morgan fingerprint density at radius 1 is 1.10 bits per heavy atom. The largest absolute Gasteiger partial charge is 0.393 e. The van der Waals surface area contributed by atoms with Crippen molar-refractivity contribution in [1.29, 1.82) is 0 Å². The Morgan fingerprint density at radius 2 is 1.84 bits per heavy atom. The number of carbonyl (C=O) groups excluding carboxylic acids is 2. The number of hydrogen-bond donors (Lipinski definition) is 2. The molecule has 0 aliphatic heterocycles. The highest BCUT2D eigenvalue weighted by atomic mass is 35.5. The Labute approximate surface area is 182 Å². The van der Waals surface area contributed by atoms with Gasteiger partial charge in [-0.15, -0.1) is 11.3 Å². The molecule has 1 aromatic carbocycles. The lowest BCUT2D eigenvalue weighted by Gasteiger charge is -2.11. The molecule has 0 unspecified atom stereocenters. The van der Waals surface area contributed by atoms with Crippen LogP contribution in [0.3, 0.4) is 0 Å². The molecule has 31 heavy (non-hydrogen) atoms. The van der Waals surface area contributed by atoms with E-state index in [1.54, 1.807) is 6.92 Å². The van der Waals surface area contributed by atoms with Gasteiger partial charge >= 0.3 is 6.18 Å². The van der Waals surface area contributed by atoms with Gasteiger partial charge in [0.1, 0.15) is 16.5 Å². The van der Waals surface area contributed by atoms with E-state index in [-0.39, 0.29) is 22.1 Å². The number of rotatable bonds is 5. The lowest BCUT2D eigenvalue weighted by Crippen LogP contribution is -2.17. The van der Waals surface area contributed by atoms with E-state index in [2.05, 4.69) is 20.6 Å². The van der Waals surface area contributed by atoms with E-state index in [1.165, 1.54) is 12.3 Å². The average molecular weight is 473 g/mol. The Morgan fingerprint density at radius 3 is 2.42 bits per heavy atom. The molecular weight excluding hydrogens is 460 g/mol. The van der Waals surface area contributed by atoms with Gasteiger partial charge in [-0.05, 0) is 30.7 Å². The zero-order chi connectivity index (χ0) is 22.8. The molecule has 0 saturated heterocycles. The average Bonchev–Trinajstić information content (AvgIpc) is 3.10. The fraction of sp³-hybridized carbons (Fsp3) is 0.158. The van der Waals surface area contributed by atoms with Crippen molar-refractivity contribution in [3.05, 3.63) is 68.5 Å². The van der Waals surface area contributed by atoms with E-state index in [4.69, 9.17) is 11.6 Å². The number of pyridine rings is 1. The quantitative estimate of drug-likeness (QED) is 0.497. The molecule has 0 atom stereocenters. The van der Waals surface area contributed by atoms with Gasteiger partial charge in [0.15, 0.2) is 0 Å². The lowest BCUT2D eigenvalue weighted by molar-refractivity contribution is -0.127. The second-order valence-corrected chi connectivity index (χ2v) is 7.95. The summed E-state index contributed by atoms with van der Waals surface area (Å²) in [6, 6.07) is 4.24. The van der Waals surface area contributed by atoms with Crippen molar-refractivity contribution in [3.8, 4) is 0 Å². The summed E-state index contributed by atoms with van der Waals surface area (Å²) in [5.74, 6) is -2.49. The maximum absolute atomic E-state index is 14.3. The zero-order valence-electron chi connectivity index (χ0n) is 15.7. The van der Waals surface area contributed by atoms with Gasteiger partial charge in [0, 0.05) is 6.20 Å². The number of nitrogens with zero attached hydrogens (tertiary/aromatic N) is 2. The summed E-state index contributed by atoms with van der Waals surface area (Å²) in [6.07, 6.45) is -3.22. The third kappa shape index (κ3) is 5.98. The van der Waals surface area contributed by atoms with Crippen molar-refractivity contribution in [2.24, 2.45) is 0 Å². The molecular formula is C19H13ClF4N4O2S. The summed E-state index contributed by atoms with van der Waals surface area (Å²) in [5.41, 5.74) is -0.536. The molecule has 2 N–H and O–H groups in total. The number of thiazole rings is 1. The third-order valence-corrected chi connectivity index (χ3v) is 5.09. The molecule has 2 aromatic heterocycles. The maximum atomic E-state index is 14.3. The summed E-state index contributed by atoms with van der Waals surface area (Å²) in [4.78, 5) is 32.7. The van der Waals surface area contributed by atoms with Crippen LogP contribution in [0.5, 0.6) is 0 Å². The molecule has 162 valence electrons. The van der Waals surface area contributed by atoms with Gasteiger partial charge in [-0.2, -0.15) is 13.2 Å². The lowest BCUT2D eigenvalue weighted by atomic mass is 10.1. The van der Waals surface area contributed by atoms with E-state index in [0.29, 0.717) is 9.88 Å². The van der Waals surface area contributed by atoms with Gasteiger partial charge in [-0.25, -0.2) is 14.4 Å². The smallest absolute Gasteiger partial charge is 0.320 e. The van der Waals surface area contributed by atoms with E-state index >= 15 is 0 Å². The van der Waals surface area contributed by atoms with Crippen molar-refractivity contribution in [1.82, 2.24) is 9.97 Å². The van der Waals surface area contributed by atoms with Crippen LogP contribution in [0.1, 0.15) is 30.6 Å². The molecule has 2 heterocycles. The van der Waals surface area contributed by atoms with Crippen LogP contribution in [0.4, 0.5) is 29.1 Å². The van der Waals surface area contributed by atoms with Crippen molar-refractivity contribution in [2.75, 3.05) is 10.6 Å². The number of benzene rings is 1. The monoisotopic (exact) mass is 472 g/mol. The summed E-state index contributed by atoms with van der Waals surface area (Å²) in [6.45, 7) is 1.72. The first-order valence-corrected chi connectivity index (χ1v) is 9.77. The third-order valence-electron chi connectivity index (χ3n) is 3.87. The predicted molar refractivity (Wildman–Crippen MR) is 108 cm³/mol. The SMILES string of the molecule is Cc1ncc(C(=O)Nc2cc(C(=O)Nc3ccc(CC(F)(F)F)cn3)c(F)cc2Cl)s1. The number of carbonyl (C=O) groups is 2. The van der Waals surface area contributed by atoms with Gasteiger partial charge < -0.3 is 10.6 Å². The van der Waals surface area contributed by atoms with Crippen LogP contribution in [-0.4, -0.2) is 28.0 Å². The number of hydrogen-bond acceptors (Lipinski definition) is 5. The van der Waals surface area contributed by atoms with Crippen molar-refractivity contribution >= 4 is 46.3 Å². The topological polar surface area (TPSA) is 84.0 Å². The Hall–Kier alpha value is -3.05. The van der Waals surface area contributed by atoms with Crippen LogP contribution in [0.25, 0.3) is 0 Å². The van der Waals surface area contributed by atoms with Gasteiger partial charge in [-0.1, -0.05) is 17.7 Å². The van der Waals surface area contributed by atoms with Gasteiger partial charge in [0.05, 0.1) is 33.9 Å². The fourth-order valence-electron chi connectivity index (χ4n) is 2.49. The van der Waals surface area contributed by atoms with E-state index in [1.807, 2.05) is 0 Å². The number of nitrogens with one attached hydrogen (secondary N) is 2. The molecule has 0 fully saturated rings. The van der Waals surface area contributed by atoms with E-state index in [0.717, 1.165) is 35.7 Å². The minimum absolute atomic E-state index is 0.00208. The second kappa shape index (κ2) is 8.98. The van der Waals surface area contributed by atoms with Crippen LogP contribution < -0.4 is 10.6 Å². The highest BCUT2D eigenvalue weighted by molar-refractivity contribution is 7.13. The summed E-state index contributed by atoms with van der Waals surface area (Å²) >= 11 is 7.11. The molecule has 6 nitrogen and oxygen atoms in total. The number of aromatic nitrogens is 2. The summed E-state index contributed by atoms with van der Waals surface area (Å²) in [5, 5.41) is 5.32. The molecule has 0 aliphatic rings. The Kier molecular flexibility index (Phi) is 6.56. The van der Waals surface area contributed by atoms with Crippen molar-refractivity contribution in [3.63, 3.8) is 0 Å². The molecule has 3 aromatic rings. The van der Waals surface area contributed by atoms with E-state index < -0.39 is 35.8 Å². The first-order valence-electron chi connectivity index (χ1n) is 8.57. The molecule has 2 amide bonds. The Balaban J connectivity index is 1.76. The van der Waals surface area contributed by atoms with Crippen LogP contribution in [-0.2, 0) is 6.42 Å².